The van der Waals surface area contributed by atoms with Crippen LogP contribution < -0.4 is 0 Å². The highest BCUT2D eigenvalue weighted by atomic mass is 16.3. The largest absolute Gasteiger partial charge is 0.396 e. The number of carbonyl (C=O) groups excluding carboxylic acids is 1. The van der Waals surface area contributed by atoms with Crippen molar-refractivity contribution in [3.8, 4) is 0 Å². The van der Waals surface area contributed by atoms with Crippen LogP contribution in [0.15, 0.2) is 12.1 Å². The van der Waals surface area contributed by atoms with Crippen molar-refractivity contribution < 1.29 is 9.90 Å². The fourth-order valence-corrected chi connectivity index (χ4v) is 2.29. The van der Waals surface area contributed by atoms with Crippen molar-refractivity contribution in [3.05, 3.63) is 34.4 Å². The number of aliphatic hydroxyl groups is 1. The van der Waals surface area contributed by atoms with Crippen molar-refractivity contribution in [1.29, 1.82) is 0 Å². The zero-order valence-corrected chi connectivity index (χ0v) is 11.8. The number of hydrogen-bond donors (Lipinski definition) is 1. The van der Waals surface area contributed by atoms with E-state index in [9.17, 15) is 4.79 Å². The van der Waals surface area contributed by atoms with Gasteiger partial charge in [0.2, 0.25) is 5.91 Å². The number of nitrogens with zero attached hydrogens (tertiary/aromatic N) is 1. The molecular weight excluding hydrogens is 226 g/mol. The minimum Gasteiger partial charge on any atom is -0.396 e. The molecule has 0 fully saturated rings. The molecule has 1 rings (SSSR count). The molecule has 0 saturated heterocycles. The van der Waals surface area contributed by atoms with Gasteiger partial charge in [-0.2, -0.15) is 0 Å². The molecule has 0 unspecified atom stereocenters. The lowest BCUT2D eigenvalue weighted by molar-refractivity contribution is -0.130. The average molecular weight is 249 g/mol. The molecule has 3 heteroatoms. The second-order valence-electron chi connectivity index (χ2n) is 4.92. The molecule has 3 nitrogen and oxygen atoms in total. The summed E-state index contributed by atoms with van der Waals surface area (Å²) in [5.74, 6) is -0.0000761. The van der Waals surface area contributed by atoms with Gasteiger partial charge in [-0.25, -0.2) is 0 Å². The van der Waals surface area contributed by atoms with Gasteiger partial charge in [-0.05, 0) is 43.9 Å². The highest BCUT2D eigenvalue weighted by Crippen LogP contribution is 2.17. The van der Waals surface area contributed by atoms with Gasteiger partial charge >= 0.3 is 0 Å². The quantitative estimate of drug-likeness (QED) is 0.867. The SMILES string of the molecule is Cc1cc(C)c(CCN(C)C(=O)CCO)c(C)c1. The maximum atomic E-state index is 11.6. The second-order valence-corrected chi connectivity index (χ2v) is 4.92. The first-order valence-corrected chi connectivity index (χ1v) is 6.37. The van der Waals surface area contributed by atoms with E-state index in [0.717, 1.165) is 6.42 Å². The summed E-state index contributed by atoms with van der Waals surface area (Å²) in [5.41, 5.74) is 5.17. The van der Waals surface area contributed by atoms with Crippen LogP contribution in [-0.4, -0.2) is 36.1 Å². The Morgan fingerprint density at radius 2 is 1.78 bits per heavy atom. The fourth-order valence-electron chi connectivity index (χ4n) is 2.29. The molecule has 18 heavy (non-hydrogen) atoms. The summed E-state index contributed by atoms with van der Waals surface area (Å²) in [5, 5.41) is 8.74. The Kier molecular flexibility index (Phi) is 5.35. The normalized spacial score (nSPS) is 10.5. The molecule has 1 N–H and O–H groups in total. The van der Waals surface area contributed by atoms with E-state index >= 15 is 0 Å². The number of aryl methyl sites for hydroxylation is 3. The zero-order valence-electron chi connectivity index (χ0n) is 11.8. The van der Waals surface area contributed by atoms with E-state index in [2.05, 4.69) is 32.9 Å². The third kappa shape index (κ3) is 3.84. The first kappa shape index (κ1) is 14.7. The van der Waals surface area contributed by atoms with Gasteiger partial charge in [0, 0.05) is 20.0 Å². The van der Waals surface area contributed by atoms with Crippen molar-refractivity contribution in [1.82, 2.24) is 4.90 Å². The Morgan fingerprint density at radius 1 is 1.22 bits per heavy atom. The molecule has 0 atom stereocenters. The third-order valence-electron chi connectivity index (χ3n) is 3.29. The number of aliphatic hydroxyl groups excluding tert-OH is 1. The molecule has 0 heterocycles. The lowest BCUT2D eigenvalue weighted by atomic mass is 9.97. The molecule has 0 bridgehead atoms. The van der Waals surface area contributed by atoms with Crippen LogP contribution in [0.1, 0.15) is 28.7 Å². The van der Waals surface area contributed by atoms with Crippen molar-refractivity contribution in [2.75, 3.05) is 20.2 Å². The minimum absolute atomic E-state index is 0.0000761. The van der Waals surface area contributed by atoms with E-state index in [-0.39, 0.29) is 18.9 Å². The number of carbonyl (C=O) groups is 1. The molecule has 0 saturated carbocycles. The van der Waals surface area contributed by atoms with Gasteiger partial charge in [0.15, 0.2) is 0 Å². The predicted octanol–water partition coefficient (Wildman–Crippen LogP) is 2.00. The van der Waals surface area contributed by atoms with Crippen LogP contribution in [0.2, 0.25) is 0 Å². The first-order valence-electron chi connectivity index (χ1n) is 6.37. The smallest absolute Gasteiger partial charge is 0.224 e. The number of benzene rings is 1. The summed E-state index contributed by atoms with van der Waals surface area (Å²) in [4.78, 5) is 13.2. The molecule has 1 aromatic rings. The van der Waals surface area contributed by atoms with Gasteiger partial charge in [-0.15, -0.1) is 0 Å². The Hall–Kier alpha value is -1.35. The molecule has 1 aromatic carbocycles. The van der Waals surface area contributed by atoms with Gasteiger partial charge < -0.3 is 10.0 Å². The molecule has 0 aliphatic carbocycles. The Bertz CT molecular complexity index is 403. The van der Waals surface area contributed by atoms with Gasteiger partial charge in [-0.3, -0.25) is 4.79 Å². The van der Waals surface area contributed by atoms with Crippen LogP contribution in [0.25, 0.3) is 0 Å². The lowest BCUT2D eigenvalue weighted by Crippen LogP contribution is -2.29. The van der Waals surface area contributed by atoms with Gasteiger partial charge in [0.05, 0.1) is 6.61 Å². The summed E-state index contributed by atoms with van der Waals surface area (Å²) in [6.45, 7) is 6.95. The van der Waals surface area contributed by atoms with E-state index in [1.165, 1.54) is 22.3 Å². The van der Waals surface area contributed by atoms with E-state index in [0.29, 0.717) is 6.54 Å². The molecule has 100 valence electrons. The van der Waals surface area contributed by atoms with Gasteiger partial charge in [0.25, 0.3) is 0 Å². The van der Waals surface area contributed by atoms with E-state index in [4.69, 9.17) is 5.11 Å². The van der Waals surface area contributed by atoms with E-state index in [1.54, 1.807) is 11.9 Å². The number of rotatable bonds is 5. The van der Waals surface area contributed by atoms with Crippen molar-refractivity contribution >= 4 is 5.91 Å². The number of amides is 1. The molecule has 0 aliphatic heterocycles. The van der Waals surface area contributed by atoms with Crippen LogP contribution in [0.3, 0.4) is 0 Å². The maximum absolute atomic E-state index is 11.6. The van der Waals surface area contributed by atoms with Gasteiger partial charge in [0.1, 0.15) is 0 Å². The predicted molar refractivity (Wildman–Crippen MR) is 73.7 cm³/mol. The topological polar surface area (TPSA) is 40.5 Å². The van der Waals surface area contributed by atoms with Crippen molar-refractivity contribution in [3.63, 3.8) is 0 Å². The summed E-state index contributed by atoms with van der Waals surface area (Å²) < 4.78 is 0. The van der Waals surface area contributed by atoms with Gasteiger partial charge in [-0.1, -0.05) is 17.7 Å². The molecule has 0 aliphatic rings. The Morgan fingerprint density at radius 3 is 2.28 bits per heavy atom. The summed E-state index contributed by atoms with van der Waals surface area (Å²) >= 11 is 0. The maximum Gasteiger partial charge on any atom is 0.224 e. The highest BCUT2D eigenvalue weighted by Gasteiger charge is 2.10. The number of hydrogen-bond acceptors (Lipinski definition) is 2. The highest BCUT2D eigenvalue weighted by molar-refractivity contribution is 5.75. The first-order chi connectivity index (χ1) is 8.45. The molecule has 0 spiro atoms. The number of likely N-dealkylation sites (N-methyl/N-ethyl adjacent to an activating group) is 1. The second kappa shape index (κ2) is 6.55. The molecule has 0 aromatic heterocycles. The monoisotopic (exact) mass is 249 g/mol. The van der Waals surface area contributed by atoms with Crippen LogP contribution in [0.4, 0.5) is 0 Å². The van der Waals surface area contributed by atoms with Crippen molar-refractivity contribution in [2.45, 2.75) is 33.6 Å². The van der Waals surface area contributed by atoms with Crippen LogP contribution in [-0.2, 0) is 11.2 Å². The van der Waals surface area contributed by atoms with Crippen molar-refractivity contribution in [2.24, 2.45) is 0 Å². The third-order valence-corrected chi connectivity index (χ3v) is 3.29. The van der Waals surface area contributed by atoms with Crippen LogP contribution >= 0.6 is 0 Å². The molecule has 0 radical (unpaired) electrons. The molecular formula is C15H23NO2. The molecule has 1 amide bonds. The summed E-state index contributed by atoms with van der Waals surface area (Å²) in [6, 6.07) is 4.36. The Balaban J connectivity index is 2.66. The van der Waals surface area contributed by atoms with E-state index in [1.807, 2.05) is 0 Å². The summed E-state index contributed by atoms with van der Waals surface area (Å²) in [7, 11) is 1.79. The average Bonchev–Trinajstić information content (AvgIpc) is 2.27. The Labute approximate surface area is 109 Å². The lowest BCUT2D eigenvalue weighted by Gasteiger charge is -2.18. The van der Waals surface area contributed by atoms with E-state index < -0.39 is 0 Å². The summed E-state index contributed by atoms with van der Waals surface area (Å²) in [6.07, 6.45) is 1.08. The standard InChI is InChI=1S/C15H23NO2/c1-11-9-12(2)14(13(3)10-11)5-7-16(4)15(18)6-8-17/h9-10,17H,5-8H2,1-4H3. The minimum atomic E-state index is -0.0776. The zero-order chi connectivity index (χ0) is 13.7. The fraction of sp³-hybridized carbons (Fsp3) is 0.533. The van der Waals surface area contributed by atoms with Crippen LogP contribution in [0, 0.1) is 20.8 Å². The van der Waals surface area contributed by atoms with Crippen LogP contribution in [0.5, 0.6) is 0 Å².